The molecule has 1 fully saturated rings. The Labute approximate surface area is 169 Å². The molecule has 1 aliphatic rings. The minimum atomic E-state index is -4.82. The van der Waals surface area contributed by atoms with Gasteiger partial charge in [0, 0.05) is 31.1 Å². The van der Waals surface area contributed by atoms with Crippen molar-refractivity contribution in [1.82, 2.24) is 9.78 Å². The van der Waals surface area contributed by atoms with Crippen molar-refractivity contribution in [3.63, 3.8) is 0 Å². The van der Waals surface area contributed by atoms with Crippen molar-refractivity contribution in [1.29, 1.82) is 0 Å². The highest BCUT2D eigenvalue weighted by Gasteiger charge is 2.34. The van der Waals surface area contributed by atoms with Gasteiger partial charge in [-0.25, -0.2) is 4.39 Å². The van der Waals surface area contributed by atoms with Crippen LogP contribution in [0.1, 0.15) is 41.2 Å². The summed E-state index contributed by atoms with van der Waals surface area (Å²) in [4.78, 5) is 15.9. The molecule has 11 heteroatoms. The maximum Gasteiger partial charge on any atom is 0.419 e. The molecule has 3 atom stereocenters. The van der Waals surface area contributed by atoms with Crippen LogP contribution in [-0.2, 0) is 6.18 Å². The number of halogens is 4. The van der Waals surface area contributed by atoms with E-state index >= 15 is 0 Å². The number of aliphatic imine (C=N–C) groups is 1. The Morgan fingerprint density at radius 1 is 1.40 bits per heavy atom. The number of hydrogen-bond acceptors (Lipinski definition) is 5. The topological polar surface area (TPSA) is 106 Å². The lowest BCUT2D eigenvalue weighted by Gasteiger charge is -2.32. The van der Waals surface area contributed by atoms with Crippen molar-refractivity contribution in [3.8, 4) is 0 Å². The van der Waals surface area contributed by atoms with Crippen LogP contribution in [0.3, 0.4) is 0 Å². The van der Waals surface area contributed by atoms with Crippen molar-refractivity contribution in [3.05, 3.63) is 41.3 Å². The van der Waals surface area contributed by atoms with Crippen LogP contribution in [-0.4, -0.2) is 40.2 Å². The molecule has 1 heterocycles. The molecule has 0 aliphatic heterocycles. The first-order valence-electron chi connectivity index (χ1n) is 9.23. The van der Waals surface area contributed by atoms with Crippen LogP contribution >= 0.6 is 0 Å². The number of carbonyl (C=O) groups is 1. The van der Waals surface area contributed by atoms with Crippen LogP contribution in [0.15, 0.2) is 29.4 Å². The van der Waals surface area contributed by atoms with Crippen LogP contribution < -0.4 is 11.1 Å². The second-order valence-electron chi connectivity index (χ2n) is 7.16. The third-order valence-electron chi connectivity index (χ3n) is 5.05. The standard InChI is InChI=1S/C19H21F4N5O2/c1-25-8-10-6-12(29)3-5-16(10)28-9-13(17(24)30)18(27-28)26-11-2-4-14(15(20)7-11)19(21,22)23/h2,4,7-10,12,16,29H,3,5-6H2,1H3,(H2,24,30)(H,26,27)/b25-8-/t10-,12-,16+/m1/s1. The average molecular weight is 427 g/mol. The van der Waals surface area contributed by atoms with Gasteiger partial charge in [-0.2, -0.15) is 18.3 Å². The van der Waals surface area contributed by atoms with Gasteiger partial charge in [0.1, 0.15) is 11.4 Å². The molecule has 3 rings (SSSR count). The Morgan fingerprint density at radius 3 is 2.73 bits per heavy atom. The maximum atomic E-state index is 13.9. The highest BCUT2D eigenvalue weighted by molar-refractivity contribution is 5.98. The molecular formula is C19H21F4N5O2. The van der Waals surface area contributed by atoms with E-state index in [0.717, 1.165) is 6.07 Å². The lowest BCUT2D eigenvalue weighted by molar-refractivity contribution is -0.139. The number of amides is 1. The molecule has 2 aromatic rings. The van der Waals surface area contributed by atoms with E-state index in [9.17, 15) is 27.5 Å². The number of benzene rings is 1. The van der Waals surface area contributed by atoms with E-state index in [1.165, 1.54) is 10.9 Å². The smallest absolute Gasteiger partial charge is 0.393 e. The van der Waals surface area contributed by atoms with E-state index in [1.807, 2.05) is 0 Å². The molecule has 0 saturated heterocycles. The van der Waals surface area contributed by atoms with E-state index in [2.05, 4.69) is 15.4 Å². The third kappa shape index (κ3) is 4.61. The fourth-order valence-corrected chi connectivity index (χ4v) is 3.64. The average Bonchev–Trinajstić information content (AvgIpc) is 3.05. The Kier molecular flexibility index (Phi) is 6.11. The molecule has 0 unspecified atom stereocenters. The quantitative estimate of drug-likeness (QED) is 0.503. The fourth-order valence-electron chi connectivity index (χ4n) is 3.64. The SMILES string of the molecule is C/N=C\[C@H]1C[C@H](O)CC[C@@H]1n1cc(C(N)=O)c(Nc2ccc(C(F)(F)F)c(F)c2)n1. The largest absolute Gasteiger partial charge is 0.419 e. The number of nitrogens with two attached hydrogens (primary N) is 1. The number of primary amides is 1. The summed E-state index contributed by atoms with van der Waals surface area (Å²) in [6.07, 6.45) is -0.558. The normalized spacial score (nSPS) is 22.4. The first-order chi connectivity index (χ1) is 14.1. The summed E-state index contributed by atoms with van der Waals surface area (Å²) in [5, 5.41) is 16.9. The van der Waals surface area contributed by atoms with E-state index in [4.69, 9.17) is 5.73 Å². The summed E-state index contributed by atoms with van der Waals surface area (Å²) in [5.74, 6) is -2.38. The van der Waals surface area contributed by atoms with E-state index < -0.39 is 29.6 Å². The van der Waals surface area contributed by atoms with E-state index in [1.54, 1.807) is 13.3 Å². The second-order valence-corrected chi connectivity index (χ2v) is 7.16. The molecule has 1 aromatic heterocycles. The molecule has 0 bridgehead atoms. The number of aliphatic hydroxyl groups is 1. The minimum absolute atomic E-state index is 0.0000298. The predicted octanol–water partition coefficient (Wildman–Crippen LogP) is 3.29. The Morgan fingerprint density at radius 2 is 2.13 bits per heavy atom. The molecule has 30 heavy (non-hydrogen) atoms. The second kappa shape index (κ2) is 8.42. The molecule has 4 N–H and O–H groups in total. The van der Waals surface area contributed by atoms with E-state index in [0.29, 0.717) is 31.4 Å². The lowest BCUT2D eigenvalue weighted by atomic mass is 9.83. The molecule has 1 aromatic carbocycles. The molecule has 0 spiro atoms. The zero-order chi connectivity index (χ0) is 22.1. The third-order valence-corrected chi connectivity index (χ3v) is 5.05. The molecular weight excluding hydrogens is 406 g/mol. The lowest BCUT2D eigenvalue weighted by Crippen LogP contribution is -2.31. The van der Waals surface area contributed by atoms with Gasteiger partial charge < -0.3 is 21.1 Å². The van der Waals surface area contributed by atoms with Crippen LogP contribution in [0.4, 0.5) is 29.1 Å². The monoisotopic (exact) mass is 427 g/mol. The first-order valence-corrected chi connectivity index (χ1v) is 9.23. The van der Waals surface area contributed by atoms with Gasteiger partial charge in [-0.1, -0.05) is 0 Å². The van der Waals surface area contributed by atoms with Crippen molar-refractivity contribution >= 4 is 23.6 Å². The number of carbonyl (C=O) groups excluding carboxylic acids is 1. The molecule has 0 radical (unpaired) electrons. The molecule has 162 valence electrons. The van der Waals surface area contributed by atoms with Gasteiger partial charge >= 0.3 is 6.18 Å². The molecule has 1 aliphatic carbocycles. The van der Waals surface area contributed by atoms with Gasteiger partial charge in [-0.15, -0.1) is 0 Å². The highest BCUT2D eigenvalue weighted by Crippen LogP contribution is 2.35. The van der Waals surface area contributed by atoms with Crippen molar-refractivity contribution in [2.45, 2.75) is 37.6 Å². The Hall–Kier alpha value is -2.95. The van der Waals surface area contributed by atoms with Crippen LogP contribution in [0.2, 0.25) is 0 Å². The van der Waals surface area contributed by atoms with Gasteiger partial charge in [-0.05, 0) is 37.5 Å². The molecule has 1 amide bonds. The zero-order valence-electron chi connectivity index (χ0n) is 16.0. The number of aliphatic hydroxyl groups excluding tert-OH is 1. The van der Waals surface area contributed by atoms with Gasteiger partial charge in [0.2, 0.25) is 0 Å². The Bertz CT molecular complexity index is 957. The fraction of sp³-hybridized carbons (Fsp3) is 0.421. The van der Waals surface area contributed by atoms with Gasteiger partial charge in [-0.3, -0.25) is 9.48 Å². The summed E-state index contributed by atoms with van der Waals surface area (Å²) in [6, 6.07) is 2.12. The number of anilines is 2. The van der Waals surface area contributed by atoms with Crippen molar-refractivity contribution in [2.24, 2.45) is 16.6 Å². The summed E-state index contributed by atoms with van der Waals surface area (Å²) in [7, 11) is 1.61. The van der Waals surface area contributed by atoms with Gasteiger partial charge in [0.25, 0.3) is 5.91 Å². The molecule has 1 saturated carbocycles. The van der Waals surface area contributed by atoms with Crippen LogP contribution in [0.5, 0.6) is 0 Å². The van der Waals surface area contributed by atoms with Crippen LogP contribution in [0.25, 0.3) is 0 Å². The Balaban J connectivity index is 1.92. The number of rotatable bonds is 5. The van der Waals surface area contributed by atoms with Crippen molar-refractivity contribution in [2.75, 3.05) is 12.4 Å². The van der Waals surface area contributed by atoms with Gasteiger partial charge in [0.15, 0.2) is 5.82 Å². The first kappa shape index (κ1) is 21.8. The summed E-state index contributed by atoms with van der Waals surface area (Å²) in [6.45, 7) is 0. The highest BCUT2D eigenvalue weighted by atomic mass is 19.4. The number of hydrogen-bond donors (Lipinski definition) is 3. The number of nitrogens with zero attached hydrogens (tertiary/aromatic N) is 3. The van der Waals surface area contributed by atoms with Crippen molar-refractivity contribution < 1.29 is 27.5 Å². The summed E-state index contributed by atoms with van der Waals surface area (Å²) in [5.41, 5.74) is 4.02. The summed E-state index contributed by atoms with van der Waals surface area (Å²) < 4.78 is 53.6. The minimum Gasteiger partial charge on any atom is -0.393 e. The van der Waals surface area contributed by atoms with Gasteiger partial charge in [0.05, 0.1) is 17.7 Å². The van der Waals surface area contributed by atoms with E-state index in [-0.39, 0.29) is 29.0 Å². The number of aromatic nitrogens is 2. The maximum absolute atomic E-state index is 13.9. The van der Waals surface area contributed by atoms with Crippen LogP contribution in [0, 0.1) is 11.7 Å². The number of nitrogens with one attached hydrogen (secondary N) is 1. The predicted molar refractivity (Wildman–Crippen MR) is 102 cm³/mol. The zero-order valence-corrected chi connectivity index (χ0v) is 16.0. The summed E-state index contributed by atoms with van der Waals surface area (Å²) >= 11 is 0. The molecule has 7 nitrogen and oxygen atoms in total. The number of alkyl halides is 3.